The van der Waals surface area contributed by atoms with Crippen LogP contribution in [0.3, 0.4) is 0 Å². The fourth-order valence-electron chi connectivity index (χ4n) is 2.65. The van der Waals surface area contributed by atoms with Crippen molar-refractivity contribution < 1.29 is 9.53 Å². The highest BCUT2D eigenvalue weighted by molar-refractivity contribution is 6.30. The Kier molecular flexibility index (Phi) is 5.12. The number of aryl methyl sites for hydroxylation is 1. The monoisotopic (exact) mass is 334 g/mol. The lowest BCUT2D eigenvalue weighted by Crippen LogP contribution is -2.42. The SMILES string of the molecule is O=C(CCn1cnnc1)N1CCC(Oc2ccc(Cl)cc2)CC1. The molecule has 1 aliphatic heterocycles. The van der Waals surface area contributed by atoms with E-state index in [4.69, 9.17) is 16.3 Å². The molecule has 0 unspecified atom stereocenters. The zero-order valence-electron chi connectivity index (χ0n) is 12.8. The number of likely N-dealkylation sites (tertiary alicyclic amines) is 1. The Hall–Kier alpha value is -2.08. The van der Waals surface area contributed by atoms with Crippen LogP contribution < -0.4 is 4.74 Å². The smallest absolute Gasteiger partial charge is 0.224 e. The molecular weight excluding hydrogens is 316 g/mol. The number of amides is 1. The van der Waals surface area contributed by atoms with Crippen LogP contribution in [0.5, 0.6) is 5.75 Å². The molecule has 2 heterocycles. The molecule has 0 bridgehead atoms. The van der Waals surface area contributed by atoms with Crippen molar-refractivity contribution >= 4 is 17.5 Å². The van der Waals surface area contributed by atoms with Crippen molar-refractivity contribution in [3.05, 3.63) is 41.9 Å². The van der Waals surface area contributed by atoms with Gasteiger partial charge in [-0.3, -0.25) is 4.79 Å². The van der Waals surface area contributed by atoms with E-state index in [0.717, 1.165) is 31.7 Å². The van der Waals surface area contributed by atoms with Crippen LogP contribution in [0.25, 0.3) is 0 Å². The van der Waals surface area contributed by atoms with Crippen molar-refractivity contribution in [2.75, 3.05) is 13.1 Å². The second kappa shape index (κ2) is 7.46. The van der Waals surface area contributed by atoms with E-state index in [2.05, 4.69) is 10.2 Å². The number of carbonyl (C=O) groups is 1. The van der Waals surface area contributed by atoms with E-state index < -0.39 is 0 Å². The highest BCUT2D eigenvalue weighted by Gasteiger charge is 2.23. The van der Waals surface area contributed by atoms with Crippen LogP contribution in [0.4, 0.5) is 0 Å². The van der Waals surface area contributed by atoms with Gasteiger partial charge < -0.3 is 14.2 Å². The number of benzene rings is 1. The third-order valence-electron chi connectivity index (χ3n) is 3.96. The van der Waals surface area contributed by atoms with E-state index in [1.807, 2.05) is 33.7 Å². The van der Waals surface area contributed by atoms with Crippen LogP contribution in [0.15, 0.2) is 36.9 Å². The predicted molar refractivity (Wildman–Crippen MR) is 86.3 cm³/mol. The quantitative estimate of drug-likeness (QED) is 0.842. The normalized spacial score (nSPS) is 15.6. The molecule has 1 saturated heterocycles. The van der Waals surface area contributed by atoms with Crippen LogP contribution in [-0.4, -0.2) is 44.8 Å². The maximum atomic E-state index is 12.2. The number of hydrogen-bond donors (Lipinski definition) is 0. The molecular formula is C16H19ClN4O2. The third kappa shape index (κ3) is 4.45. The minimum atomic E-state index is 0.151. The summed E-state index contributed by atoms with van der Waals surface area (Å²) in [5.41, 5.74) is 0. The zero-order valence-corrected chi connectivity index (χ0v) is 13.5. The number of carbonyl (C=O) groups excluding carboxylic acids is 1. The van der Waals surface area contributed by atoms with Crippen molar-refractivity contribution in [3.8, 4) is 5.75 Å². The summed E-state index contributed by atoms with van der Waals surface area (Å²) in [6.07, 6.45) is 5.57. The molecule has 0 N–H and O–H groups in total. The molecule has 1 aromatic carbocycles. The topological polar surface area (TPSA) is 60.2 Å². The summed E-state index contributed by atoms with van der Waals surface area (Å²) >= 11 is 5.87. The predicted octanol–water partition coefficient (Wildman–Crippen LogP) is 2.39. The third-order valence-corrected chi connectivity index (χ3v) is 4.21. The van der Waals surface area contributed by atoms with E-state index >= 15 is 0 Å². The fraction of sp³-hybridized carbons (Fsp3) is 0.438. The van der Waals surface area contributed by atoms with Crippen molar-refractivity contribution in [3.63, 3.8) is 0 Å². The van der Waals surface area contributed by atoms with Gasteiger partial charge in [-0.05, 0) is 24.3 Å². The second-order valence-corrected chi connectivity index (χ2v) is 6.04. The van der Waals surface area contributed by atoms with Gasteiger partial charge in [-0.2, -0.15) is 0 Å². The standard InChI is InChI=1S/C16H19ClN4O2/c17-13-1-3-14(4-2-13)23-15-5-9-21(10-6-15)16(22)7-8-20-11-18-19-12-20/h1-4,11-12,15H,5-10H2. The van der Waals surface area contributed by atoms with Gasteiger partial charge in [0.25, 0.3) is 0 Å². The van der Waals surface area contributed by atoms with Gasteiger partial charge in [0.1, 0.15) is 24.5 Å². The number of halogens is 1. The molecule has 122 valence electrons. The Morgan fingerprint density at radius 2 is 1.83 bits per heavy atom. The molecule has 0 atom stereocenters. The van der Waals surface area contributed by atoms with Gasteiger partial charge in [-0.1, -0.05) is 11.6 Å². The van der Waals surface area contributed by atoms with Gasteiger partial charge >= 0.3 is 0 Å². The van der Waals surface area contributed by atoms with Gasteiger partial charge in [-0.15, -0.1) is 10.2 Å². The van der Waals surface area contributed by atoms with Crippen molar-refractivity contribution in [2.24, 2.45) is 0 Å². The minimum absolute atomic E-state index is 0.151. The zero-order chi connectivity index (χ0) is 16.1. The maximum Gasteiger partial charge on any atom is 0.224 e. The van der Waals surface area contributed by atoms with Gasteiger partial charge in [0.05, 0.1) is 0 Å². The van der Waals surface area contributed by atoms with Crippen LogP contribution in [0, 0.1) is 0 Å². The van der Waals surface area contributed by atoms with Crippen LogP contribution >= 0.6 is 11.6 Å². The summed E-state index contributed by atoms with van der Waals surface area (Å²) in [4.78, 5) is 14.1. The average molecular weight is 335 g/mol. The Balaban J connectivity index is 1.42. The summed E-state index contributed by atoms with van der Waals surface area (Å²) in [5, 5.41) is 8.16. The first-order valence-electron chi connectivity index (χ1n) is 7.73. The van der Waals surface area contributed by atoms with E-state index in [-0.39, 0.29) is 12.0 Å². The van der Waals surface area contributed by atoms with E-state index in [1.54, 1.807) is 12.7 Å². The molecule has 7 heteroatoms. The summed E-state index contributed by atoms with van der Waals surface area (Å²) in [5.74, 6) is 0.996. The van der Waals surface area contributed by atoms with Gasteiger partial charge in [0.15, 0.2) is 0 Å². The molecule has 0 saturated carbocycles. The first kappa shape index (κ1) is 15.8. The Bertz CT molecular complexity index is 622. The number of piperidine rings is 1. The highest BCUT2D eigenvalue weighted by Crippen LogP contribution is 2.21. The van der Waals surface area contributed by atoms with Crippen molar-refractivity contribution in [1.82, 2.24) is 19.7 Å². The average Bonchev–Trinajstić information content (AvgIpc) is 3.09. The fourth-order valence-corrected chi connectivity index (χ4v) is 2.78. The molecule has 1 aliphatic rings. The Morgan fingerprint density at radius 3 is 2.48 bits per heavy atom. The van der Waals surface area contributed by atoms with E-state index in [1.165, 1.54) is 0 Å². The van der Waals surface area contributed by atoms with Gasteiger partial charge in [0.2, 0.25) is 5.91 Å². The maximum absolute atomic E-state index is 12.2. The van der Waals surface area contributed by atoms with E-state index in [9.17, 15) is 4.79 Å². The van der Waals surface area contributed by atoms with Gasteiger partial charge in [0, 0.05) is 43.9 Å². The summed E-state index contributed by atoms with van der Waals surface area (Å²) < 4.78 is 7.75. The summed E-state index contributed by atoms with van der Waals surface area (Å²) in [6, 6.07) is 7.39. The van der Waals surface area contributed by atoms with Crippen LogP contribution in [-0.2, 0) is 11.3 Å². The molecule has 1 aromatic heterocycles. The van der Waals surface area contributed by atoms with E-state index in [0.29, 0.717) is 18.0 Å². The van der Waals surface area contributed by atoms with Crippen molar-refractivity contribution in [1.29, 1.82) is 0 Å². The van der Waals surface area contributed by atoms with Gasteiger partial charge in [-0.25, -0.2) is 0 Å². The molecule has 3 rings (SSSR count). The first-order valence-corrected chi connectivity index (χ1v) is 8.11. The first-order chi connectivity index (χ1) is 11.2. The molecule has 0 aliphatic carbocycles. The number of ether oxygens (including phenoxy) is 1. The lowest BCUT2D eigenvalue weighted by atomic mass is 10.1. The lowest BCUT2D eigenvalue weighted by Gasteiger charge is -2.32. The molecule has 1 fully saturated rings. The molecule has 6 nitrogen and oxygen atoms in total. The number of nitrogens with zero attached hydrogens (tertiary/aromatic N) is 4. The molecule has 23 heavy (non-hydrogen) atoms. The van der Waals surface area contributed by atoms with Crippen LogP contribution in [0.2, 0.25) is 5.02 Å². The minimum Gasteiger partial charge on any atom is -0.490 e. The summed E-state index contributed by atoms with van der Waals surface area (Å²) in [7, 11) is 0. The number of aromatic nitrogens is 3. The Morgan fingerprint density at radius 1 is 1.17 bits per heavy atom. The molecule has 0 spiro atoms. The largest absolute Gasteiger partial charge is 0.490 e. The Labute approximate surface area is 140 Å². The van der Waals surface area contributed by atoms with Crippen LogP contribution in [0.1, 0.15) is 19.3 Å². The van der Waals surface area contributed by atoms with Crippen molar-refractivity contribution in [2.45, 2.75) is 31.9 Å². The lowest BCUT2D eigenvalue weighted by molar-refractivity contribution is -0.133. The molecule has 1 amide bonds. The number of hydrogen-bond acceptors (Lipinski definition) is 4. The highest BCUT2D eigenvalue weighted by atomic mass is 35.5. The number of rotatable bonds is 5. The second-order valence-electron chi connectivity index (χ2n) is 5.60. The molecule has 2 aromatic rings. The summed E-state index contributed by atoms with van der Waals surface area (Å²) in [6.45, 7) is 2.09. The molecule has 0 radical (unpaired) electrons.